The molecule has 1 aliphatic rings. The van der Waals surface area contributed by atoms with Gasteiger partial charge in [-0.1, -0.05) is 12.2 Å². The van der Waals surface area contributed by atoms with Gasteiger partial charge in [-0.2, -0.15) is 0 Å². The number of aliphatic hydroxyl groups is 1. The second-order valence-corrected chi connectivity index (χ2v) is 4.26. The molecule has 0 aliphatic carbocycles. The Morgan fingerprint density at radius 3 is 2.58 bits per heavy atom. The third kappa shape index (κ3) is 3.54. The number of amides is 1. The summed E-state index contributed by atoms with van der Waals surface area (Å²) in [6, 6.07) is -0.348. The maximum atomic E-state index is 11.4. The molecule has 0 saturated carbocycles. The van der Waals surface area contributed by atoms with Crippen LogP contribution in [0.1, 0.15) is 19.3 Å². The van der Waals surface area contributed by atoms with E-state index in [0.29, 0.717) is 12.0 Å². The second-order valence-electron chi connectivity index (χ2n) is 4.26. The summed E-state index contributed by atoms with van der Waals surface area (Å²) in [7, 11) is 2.40. The molecule has 1 rings (SSSR count). The smallest absolute Gasteiger partial charge is 0.356 e. The average molecular weight is 271 g/mol. The minimum Gasteiger partial charge on any atom is -0.469 e. The Kier molecular flexibility index (Phi) is 5.05. The van der Waals surface area contributed by atoms with Crippen molar-refractivity contribution in [3.63, 3.8) is 0 Å². The zero-order valence-corrected chi connectivity index (χ0v) is 10.9. The van der Waals surface area contributed by atoms with E-state index in [1.54, 1.807) is 0 Å². The number of hydrogen-bond acceptors (Lipinski definition) is 6. The Morgan fingerprint density at radius 1 is 1.47 bits per heavy atom. The number of esters is 2. The van der Waals surface area contributed by atoms with Gasteiger partial charge in [0, 0.05) is 12.5 Å². The van der Waals surface area contributed by atoms with Crippen LogP contribution in [0.15, 0.2) is 12.2 Å². The van der Waals surface area contributed by atoms with Gasteiger partial charge in [0.1, 0.15) is 0 Å². The first kappa shape index (κ1) is 15.2. The van der Waals surface area contributed by atoms with Crippen LogP contribution in [0.5, 0.6) is 0 Å². The van der Waals surface area contributed by atoms with Crippen molar-refractivity contribution in [2.75, 3.05) is 14.2 Å². The van der Waals surface area contributed by atoms with Gasteiger partial charge < -0.3 is 19.5 Å². The SMILES string of the molecule is C=C(CC(=O)OC)CC1CC(=O)N1C(O)C(=O)OC. The Labute approximate surface area is 110 Å². The molecule has 1 heterocycles. The minimum absolute atomic E-state index is 0.0450. The average Bonchev–Trinajstić information content (AvgIpc) is 2.36. The van der Waals surface area contributed by atoms with Gasteiger partial charge in [0.2, 0.25) is 12.1 Å². The molecule has 0 aromatic carbocycles. The molecular formula is C12H17NO6. The first-order valence-electron chi connectivity index (χ1n) is 5.71. The van der Waals surface area contributed by atoms with Gasteiger partial charge in [0.25, 0.3) is 0 Å². The highest BCUT2D eigenvalue weighted by molar-refractivity contribution is 5.88. The fourth-order valence-corrected chi connectivity index (χ4v) is 1.90. The zero-order valence-electron chi connectivity index (χ0n) is 10.9. The summed E-state index contributed by atoms with van der Waals surface area (Å²) in [6.07, 6.45) is -1.03. The Morgan fingerprint density at radius 2 is 2.11 bits per heavy atom. The lowest BCUT2D eigenvalue weighted by Gasteiger charge is -2.42. The first-order valence-corrected chi connectivity index (χ1v) is 5.71. The van der Waals surface area contributed by atoms with Gasteiger partial charge in [-0.15, -0.1) is 0 Å². The largest absolute Gasteiger partial charge is 0.469 e. The molecule has 1 saturated heterocycles. The van der Waals surface area contributed by atoms with E-state index in [1.165, 1.54) is 7.11 Å². The van der Waals surface area contributed by atoms with E-state index in [2.05, 4.69) is 16.1 Å². The van der Waals surface area contributed by atoms with Gasteiger partial charge in [0.05, 0.1) is 20.6 Å². The molecule has 2 unspecified atom stereocenters. The van der Waals surface area contributed by atoms with Gasteiger partial charge in [-0.05, 0) is 6.42 Å². The van der Waals surface area contributed by atoms with Crippen LogP contribution in [0.25, 0.3) is 0 Å². The highest BCUT2D eigenvalue weighted by Crippen LogP contribution is 2.28. The van der Waals surface area contributed by atoms with E-state index >= 15 is 0 Å². The minimum atomic E-state index is -1.61. The summed E-state index contributed by atoms with van der Waals surface area (Å²) in [5.41, 5.74) is 0.575. The second kappa shape index (κ2) is 6.33. The predicted molar refractivity (Wildman–Crippen MR) is 63.7 cm³/mol. The molecule has 1 fully saturated rings. The quantitative estimate of drug-likeness (QED) is 0.401. The summed E-state index contributed by atoms with van der Waals surface area (Å²) in [4.78, 5) is 34.7. The Hall–Kier alpha value is -1.89. The van der Waals surface area contributed by atoms with Crippen molar-refractivity contribution in [1.29, 1.82) is 0 Å². The van der Waals surface area contributed by atoms with Gasteiger partial charge in [-0.3, -0.25) is 9.59 Å². The zero-order chi connectivity index (χ0) is 14.6. The van der Waals surface area contributed by atoms with Crippen molar-refractivity contribution in [3.8, 4) is 0 Å². The summed E-state index contributed by atoms with van der Waals surface area (Å²) in [5.74, 6) is -1.65. The van der Waals surface area contributed by atoms with Crippen LogP contribution < -0.4 is 0 Å². The number of nitrogens with zero attached hydrogens (tertiary/aromatic N) is 1. The molecular weight excluding hydrogens is 254 g/mol. The molecule has 0 radical (unpaired) electrons. The normalized spacial score (nSPS) is 19.4. The Balaban J connectivity index is 2.55. The van der Waals surface area contributed by atoms with Crippen molar-refractivity contribution in [1.82, 2.24) is 4.90 Å². The number of carbonyl (C=O) groups excluding carboxylic acids is 3. The van der Waals surface area contributed by atoms with E-state index in [-0.39, 0.29) is 24.8 Å². The molecule has 0 bridgehead atoms. The molecule has 0 aromatic heterocycles. The van der Waals surface area contributed by atoms with Crippen molar-refractivity contribution in [3.05, 3.63) is 12.2 Å². The van der Waals surface area contributed by atoms with E-state index in [9.17, 15) is 19.5 Å². The number of likely N-dealkylation sites (tertiary alicyclic amines) is 1. The van der Waals surface area contributed by atoms with Gasteiger partial charge >= 0.3 is 11.9 Å². The third-order valence-corrected chi connectivity index (χ3v) is 2.91. The van der Waals surface area contributed by atoms with Crippen LogP contribution in [-0.2, 0) is 23.9 Å². The molecule has 1 N–H and O–H groups in total. The van der Waals surface area contributed by atoms with Crippen LogP contribution in [0.4, 0.5) is 0 Å². The highest BCUT2D eigenvalue weighted by Gasteiger charge is 2.43. The van der Waals surface area contributed by atoms with Crippen molar-refractivity contribution < 1.29 is 29.0 Å². The van der Waals surface area contributed by atoms with Crippen molar-refractivity contribution in [2.24, 2.45) is 0 Å². The standard InChI is InChI=1S/C12H17NO6/c1-7(5-10(15)18-2)4-8-6-9(14)13(8)11(16)12(17)19-3/h8,11,16H,1,4-6H2,2-3H3. The molecule has 19 heavy (non-hydrogen) atoms. The predicted octanol–water partition coefficient (Wildman–Crippen LogP) is -0.412. The summed E-state index contributed by atoms with van der Waals surface area (Å²) >= 11 is 0. The maximum Gasteiger partial charge on any atom is 0.356 e. The summed E-state index contributed by atoms with van der Waals surface area (Å²) in [6.45, 7) is 3.71. The van der Waals surface area contributed by atoms with Gasteiger partial charge in [-0.25, -0.2) is 4.79 Å². The monoisotopic (exact) mass is 271 g/mol. The number of aliphatic hydroxyl groups excluding tert-OH is 1. The van der Waals surface area contributed by atoms with E-state index in [0.717, 1.165) is 12.0 Å². The number of rotatable bonds is 6. The van der Waals surface area contributed by atoms with Crippen LogP contribution in [0, 0.1) is 0 Å². The van der Waals surface area contributed by atoms with Crippen molar-refractivity contribution in [2.45, 2.75) is 31.5 Å². The molecule has 106 valence electrons. The number of ether oxygens (including phenoxy) is 2. The molecule has 0 aromatic rings. The maximum absolute atomic E-state index is 11.4. The summed E-state index contributed by atoms with van der Waals surface area (Å²) < 4.78 is 8.87. The molecule has 1 aliphatic heterocycles. The van der Waals surface area contributed by atoms with Gasteiger partial charge in [0.15, 0.2) is 0 Å². The van der Waals surface area contributed by atoms with E-state index in [1.807, 2.05) is 0 Å². The highest BCUT2D eigenvalue weighted by atomic mass is 16.5. The van der Waals surface area contributed by atoms with E-state index in [4.69, 9.17) is 0 Å². The van der Waals surface area contributed by atoms with Crippen LogP contribution >= 0.6 is 0 Å². The molecule has 1 amide bonds. The molecule has 2 atom stereocenters. The third-order valence-electron chi connectivity index (χ3n) is 2.91. The lowest BCUT2D eigenvalue weighted by atomic mass is 9.93. The number of carbonyl (C=O) groups is 3. The molecule has 7 nitrogen and oxygen atoms in total. The summed E-state index contributed by atoms with van der Waals surface area (Å²) in [5, 5.41) is 9.63. The fraction of sp³-hybridized carbons (Fsp3) is 0.583. The fourth-order valence-electron chi connectivity index (χ4n) is 1.90. The molecule has 7 heteroatoms. The number of β-lactam (4-membered cyclic amide) rings is 1. The molecule has 0 spiro atoms. The topological polar surface area (TPSA) is 93.1 Å². The number of hydrogen-bond donors (Lipinski definition) is 1. The van der Waals surface area contributed by atoms with Crippen LogP contribution in [0.2, 0.25) is 0 Å². The van der Waals surface area contributed by atoms with Crippen molar-refractivity contribution >= 4 is 17.8 Å². The van der Waals surface area contributed by atoms with Crippen LogP contribution in [-0.4, -0.2) is 54.3 Å². The first-order chi connectivity index (χ1) is 8.90. The lowest BCUT2D eigenvalue weighted by Crippen LogP contribution is -2.60. The van der Waals surface area contributed by atoms with E-state index < -0.39 is 18.2 Å². The Bertz CT molecular complexity index is 405. The number of methoxy groups -OCH3 is 2. The lowest BCUT2D eigenvalue weighted by molar-refractivity contribution is -0.181. The van der Waals surface area contributed by atoms with Crippen LogP contribution in [0.3, 0.4) is 0 Å².